The number of rotatable bonds is 3. The van der Waals surface area contributed by atoms with Crippen LogP contribution in [-0.2, 0) is 19.6 Å². The van der Waals surface area contributed by atoms with Crippen molar-refractivity contribution in [1.82, 2.24) is 9.21 Å². The monoisotopic (exact) mass is 356 g/mol. The zero-order valence-electron chi connectivity index (χ0n) is 14.9. The zero-order valence-corrected chi connectivity index (χ0v) is 15.7. The van der Waals surface area contributed by atoms with E-state index < -0.39 is 15.4 Å². The summed E-state index contributed by atoms with van der Waals surface area (Å²) in [6.07, 6.45) is 2.81. The highest BCUT2D eigenvalue weighted by molar-refractivity contribution is 7.89. The summed E-state index contributed by atoms with van der Waals surface area (Å²) >= 11 is 0. The van der Waals surface area contributed by atoms with Crippen molar-refractivity contribution in [2.45, 2.75) is 46.5 Å². The molecule has 7 heteroatoms. The molecule has 2 atom stereocenters. The average Bonchev–Trinajstić information content (AvgIpc) is 2.74. The molecule has 6 nitrogen and oxygen atoms in total. The van der Waals surface area contributed by atoms with E-state index in [0.717, 1.165) is 6.42 Å². The lowest BCUT2D eigenvalue weighted by atomic mass is 9.70. The molecule has 2 saturated carbocycles. The number of ketones is 1. The standard InChI is InChI=1S/C17H28N2O4S/c1-13(20)18-7-4-8-19(10-9-18)24(22,23)12-17-6-5-14(11-15(17)21)16(17,2)3/h14H,4-12H2,1-3H3/t14-,17?/m0/s1. The number of hydrogen-bond acceptors (Lipinski definition) is 4. The molecule has 2 aliphatic carbocycles. The van der Waals surface area contributed by atoms with E-state index >= 15 is 0 Å². The van der Waals surface area contributed by atoms with E-state index in [-0.39, 0.29) is 22.9 Å². The predicted octanol–water partition coefficient (Wildman–Crippen LogP) is 1.27. The number of sulfonamides is 1. The molecule has 1 amide bonds. The number of carbonyl (C=O) groups excluding carboxylic acids is 2. The fraction of sp³-hybridized carbons (Fsp3) is 0.882. The van der Waals surface area contributed by atoms with Gasteiger partial charge in [0.15, 0.2) is 0 Å². The number of fused-ring (bicyclic) bond motifs is 2. The minimum Gasteiger partial charge on any atom is -0.342 e. The van der Waals surface area contributed by atoms with Crippen LogP contribution >= 0.6 is 0 Å². The maximum atomic E-state index is 13.1. The normalized spacial score (nSPS) is 33.7. The highest BCUT2D eigenvalue weighted by atomic mass is 32.2. The second-order valence-electron chi connectivity index (χ2n) is 8.18. The van der Waals surface area contributed by atoms with Crippen molar-refractivity contribution in [2.24, 2.45) is 16.7 Å². The van der Waals surface area contributed by atoms with Crippen LogP contribution in [0.1, 0.15) is 46.5 Å². The Kier molecular flexibility index (Phi) is 4.31. The number of nitrogens with zero attached hydrogens (tertiary/aromatic N) is 2. The summed E-state index contributed by atoms with van der Waals surface area (Å²) in [5.74, 6) is 0.367. The minimum atomic E-state index is -3.51. The maximum absolute atomic E-state index is 13.1. The van der Waals surface area contributed by atoms with Crippen molar-refractivity contribution in [1.29, 1.82) is 0 Å². The molecule has 1 saturated heterocycles. The van der Waals surface area contributed by atoms with E-state index in [9.17, 15) is 18.0 Å². The van der Waals surface area contributed by atoms with Gasteiger partial charge in [0, 0.05) is 44.9 Å². The lowest BCUT2D eigenvalue weighted by Crippen LogP contribution is -2.47. The fourth-order valence-electron chi connectivity index (χ4n) is 5.00. The summed E-state index contributed by atoms with van der Waals surface area (Å²) in [6.45, 7) is 7.42. The Morgan fingerprint density at radius 1 is 1.21 bits per heavy atom. The summed E-state index contributed by atoms with van der Waals surface area (Å²) in [5, 5.41) is 0. The van der Waals surface area contributed by atoms with E-state index in [1.165, 1.54) is 11.2 Å². The van der Waals surface area contributed by atoms with Crippen LogP contribution in [-0.4, -0.2) is 61.2 Å². The van der Waals surface area contributed by atoms with E-state index in [1.54, 1.807) is 4.90 Å². The summed E-state index contributed by atoms with van der Waals surface area (Å²) in [5.41, 5.74) is -0.961. The molecule has 0 radical (unpaired) electrons. The van der Waals surface area contributed by atoms with Gasteiger partial charge in [-0.3, -0.25) is 9.59 Å². The van der Waals surface area contributed by atoms with Crippen LogP contribution in [0, 0.1) is 16.7 Å². The average molecular weight is 356 g/mol. The summed E-state index contributed by atoms with van der Waals surface area (Å²) in [7, 11) is -3.51. The Hall–Kier alpha value is -0.950. The van der Waals surface area contributed by atoms with Crippen molar-refractivity contribution in [3.05, 3.63) is 0 Å². The first-order valence-corrected chi connectivity index (χ1v) is 10.5. The van der Waals surface area contributed by atoms with Gasteiger partial charge in [-0.25, -0.2) is 12.7 Å². The second kappa shape index (κ2) is 5.80. The first-order valence-electron chi connectivity index (χ1n) is 8.87. The van der Waals surface area contributed by atoms with Gasteiger partial charge >= 0.3 is 0 Å². The fourth-order valence-corrected chi connectivity index (χ4v) is 7.25. The third-order valence-corrected chi connectivity index (χ3v) is 8.87. The summed E-state index contributed by atoms with van der Waals surface area (Å²) < 4.78 is 27.6. The highest BCUT2D eigenvalue weighted by Crippen LogP contribution is 2.64. The molecule has 3 aliphatic rings. The minimum absolute atomic E-state index is 0.0152. The molecular weight excluding hydrogens is 328 g/mol. The van der Waals surface area contributed by atoms with Gasteiger partial charge in [-0.15, -0.1) is 0 Å². The lowest BCUT2D eigenvalue weighted by molar-refractivity contribution is -0.129. The number of carbonyl (C=O) groups is 2. The third kappa shape index (κ3) is 2.60. The SMILES string of the molecule is CC(=O)N1CCCN(S(=O)(=O)CC23CC[C@@H](CC2=O)C3(C)C)CC1. The van der Waals surface area contributed by atoms with Crippen LogP contribution in [0.2, 0.25) is 0 Å². The van der Waals surface area contributed by atoms with Crippen LogP contribution in [0.5, 0.6) is 0 Å². The molecule has 1 aliphatic heterocycles. The third-order valence-electron chi connectivity index (χ3n) is 6.86. The van der Waals surface area contributed by atoms with Gasteiger partial charge in [-0.1, -0.05) is 13.8 Å². The number of hydrogen-bond donors (Lipinski definition) is 0. The number of Topliss-reactive ketones (excluding diaryl/α,β-unsaturated/α-hetero) is 1. The molecule has 0 aromatic rings. The van der Waals surface area contributed by atoms with E-state index in [1.807, 2.05) is 0 Å². The Morgan fingerprint density at radius 2 is 1.92 bits per heavy atom. The molecule has 1 heterocycles. The molecule has 3 fully saturated rings. The molecule has 0 aromatic heterocycles. The second-order valence-corrected chi connectivity index (χ2v) is 10.2. The van der Waals surface area contributed by atoms with Crippen molar-refractivity contribution < 1.29 is 18.0 Å². The molecule has 3 rings (SSSR count). The summed E-state index contributed by atoms with van der Waals surface area (Å²) in [6, 6.07) is 0. The highest BCUT2D eigenvalue weighted by Gasteiger charge is 2.65. The van der Waals surface area contributed by atoms with Crippen LogP contribution in [0.25, 0.3) is 0 Å². The topological polar surface area (TPSA) is 74.8 Å². The zero-order chi connectivity index (χ0) is 17.8. The number of amides is 1. The van der Waals surface area contributed by atoms with Crippen LogP contribution in [0.4, 0.5) is 0 Å². The van der Waals surface area contributed by atoms with Gasteiger partial charge in [0.25, 0.3) is 0 Å². The molecule has 0 spiro atoms. The predicted molar refractivity (Wildman–Crippen MR) is 90.8 cm³/mol. The van der Waals surface area contributed by atoms with Crippen LogP contribution < -0.4 is 0 Å². The molecule has 0 aromatic carbocycles. The van der Waals surface area contributed by atoms with Crippen molar-refractivity contribution >= 4 is 21.7 Å². The molecule has 24 heavy (non-hydrogen) atoms. The Bertz CT molecular complexity index is 658. The van der Waals surface area contributed by atoms with E-state index in [4.69, 9.17) is 0 Å². The largest absolute Gasteiger partial charge is 0.342 e. The molecule has 2 bridgehead atoms. The van der Waals surface area contributed by atoms with Gasteiger partial charge in [0.1, 0.15) is 5.78 Å². The first-order chi connectivity index (χ1) is 11.1. The molecule has 136 valence electrons. The van der Waals surface area contributed by atoms with Gasteiger partial charge in [-0.05, 0) is 30.6 Å². The van der Waals surface area contributed by atoms with Crippen molar-refractivity contribution in [2.75, 3.05) is 31.9 Å². The van der Waals surface area contributed by atoms with Crippen molar-refractivity contribution in [3.63, 3.8) is 0 Å². The molecular formula is C17H28N2O4S. The van der Waals surface area contributed by atoms with Gasteiger partial charge in [0.05, 0.1) is 5.75 Å². The van der Waals surface area contributed by atoms with Gasteiger partial charge in [-0.2, -0.15) is 0 Å². The molecule has 1 unspecified atom stereocenters. The Morgan fingerprint density at radius 3 is 2.46 bits per heavy atom. The van der Waals surface area contributed by atoms with Crippen molar-refractivity contribution in [3.8, 4) is 0 Å². The first kappa shape index (κ1) is 17.9. The van der Waals surface area contributed by atoms with Gasteiger partial charge < -0.3 is 4.90 Å². The Balaban J connectivity index is 1.79. The van der Waals surface area contributed by atoms with Crippen LogP contribution in [0.15, 0.2) is 0 Å². The maximum Gasteiger partial charge on any atom is 0.219 e. The van der Waals surface area contributed by atoms with Crippen LogP contribution in [0.3, 0.4) is 0 Å². The van der Waals surface area contributed by atoms with Gasteiger partial charge in [0.2, 0.25) is 15.9 Å². The van der Waals surface area contributed by atoms with E-state index in [2.05, 4.69) is 13.8 Å². The Labute approximate surface area is 144 Å². The summed E-state index contributed by atoms with van der Waals surface area (Å²) in [4.78, 5) is 25.8. The quantitative estimate of drug-likeness (QED) is 0.763. The molecule has 0 N–H and O–H groups in total. The smallest absolute Gasteiger partial charge is 0.219 e. The van der Waals surface area contributed by atoms with E-state index in [0.29, 0.717) is 51.4 Å². The lowest BCUT2D eigenvalue weighted by Gasteiger charge is -2.37.